The van der Waals surface area contributed by atoms with Crippen molar-refractivity contribution in [3.05, 3.63) is 59.2 Å². The molecule has 0 radical (unpaired) electrons. The number of nitrogens with zero attached hydrogens (tertiary/aromatic N) is 1. The summed E-state index contributed by atoms with van der Waals surface area (Å²) in [5, 5.41) is 16.9. The van der Waals surface area contributed by atoms with E-state index in [0.29, 0.717) is 30.5 Å². The Bertz CT molecular complexity index is 762. The van der Waals surface area contributed by atoms with Crippen LogP contribution < -0.4 is 20.1 Å². The van der Waals surface area contributed by atoms with Crippen molar-refractivity contribution in [2.24, 2.45) is 4.99 Å². The van der Waals surface area contributed by atoms with Crippen LogP contribution in [0.15, 0.2) is 47.5 Å². The van der Waals surface area contributed by atoms with Crippen LogP contribution in [0, 0.1) is 6.92 Å². The third-order valence-corrected chi connectivity index (χ3v) is 4.27. The molecule has 27 heavy (non-hydrogen) atoms. The molecule has 0 amide bonds. The van der Waals surface area contributed by atoms with E-state index in [1.165, 1.54) is 11.1 Å². The predicted octanol–water partition coefficient (Wildman–Crippen LogP) is 2.80. The van der Waals surface area contributed by atoms with Crippen LogP contribution >= 0.6 is 0 Å². The van der Waals surface area contributed by atoms with Gasteiger partial charge in [0.05, 0.1) is 26.9 Å². The molecule has 2 aromatic rings. The van der Waals surface area contributed by atoms with Gasteiger partial charge in [-0.05, 0) is 42.7 Å². The van der Waals surface area contributed by atoms with E-state index < -0.39 is 6.10 Å². The molecular formula is C21H29N3O3. The number of aliphatic hydroxyl groups excluding tert-OH is 1. The summed E-state index contributed by atoms with van der Waals surface area (Å²) in [4.78, 5) is 4.61. The van der Waals surface area contributed by atoms with Gasteiger partial charge in [-0.15, -0.1) is 0 Å². The van der Waals surface area contributed by atoms with Gasteiger partial charge >= 0.3 is 0 Å². The van der Waals surface area contributed by atoms with Crippen LogP contribution in [0.2, 0.25) is 0 Å². The minimum Gasteiger partial charge on any atom is -0.493 e. The Hall–Kier alpha value is -2.73. The highest BCUT2D eigenvalue weighted by atomic mass is 16.5. The second-order valence-electron chi connectivity index (χ2n) is 6.13. The zero-order chi connectivity index (χ0) is 19.6. The lowest BCUT2D eigenvalue weighted by atomic mass is 10.1. The van der Waals surface area contributed by atoms with Gasteiger partial charge in [-0.3, -0.25) is 0 Å². The van der Waals surface area contributed by atoms with Gasteiger partial charge in [-0.2, -0.15) is 0 Å². The summed E-state index contributed by atoms with van der Waals surface area (Å²) in [6.45, 7) is 5.73. The summed E-state index contributed by atoms with van der Waals surface area (Å²) in [5.74, 6) is 1.89. The fourth-order valence-corrected chi connectivity index (χ4v) is 2.66. The Kier molecular flexibility index (Phi) is 7.95. The van der Waals surface area contributed by atoms with Crippen LogP contribution in [-0.2, 0) is 6.54 Å². The lowest BCUT2D eigenvalue weighted by Gasteiger charge is -2.17. The summed E-state index contributed by atoms with van der Waals surface area (Å²) in [6, 6.07) is 13.6. The van der Waals surface area contributed by atoms with Gasteiger partial charge < -0.3 is 25.2 Å². The second-order valence-corrected chi connectivity index (χ2v) is 6.13. The van der Waals surface area contributed by atoms with E-state index in [2.05, 4.69) is 34.7 Å². The molecule has 146 valence electrons. The van der Waals surface area contributed by atoms with Gasteiger partial charge in [0.1, 0.15) is 0 Å². The Morgan fingerprint density at radius 3 is 2.48 bits per heavy atom. The number of hydrogen-bond acceptors (Lipinski definition) is 4. The van der Waals surface area contributed by atoms with Crippen molar-refractivity contribution in [3.63, 3.8) is 0 Å². The van der Waals surface area contributed by atoms with Gasteiger partial charge in [0.25, 0.3) is 0 Å². The Balaban J connectivity index is 2.02. The molecule has 3 N–H and O–H groups in total. The molecule has 0 aliphatic rings. The standard InChI is InChI=1S/C21H29N3O3/c1-5-22-21(23-13-17-9-7-6-8-15(17)2)24-14-18(25)16-10-11-19(26-3)20(12-16)27-4/h6-12,18,25H,5,13-14H2,1-4H3,(H2,22,23,24). The van der Waals surface area contributed by atoms with Gasteiger partial charge in [-0.25, -0.2) is 4.99 Å². The first-order valence-corrected chi connectivity index (χ1v) is 9.05. The summed E-state index contributed by atoms with van der Waals surface area (Å²) in [6.07, 6.45) is -0.702. The Labute approximate surface area is 161 Å². The quantitative estimate of drug-likeness (QED) is 0.491. The predicted molar refractivity (Wildman–Crippen MR) is 109 cm³/mol. The second kappa shape index (κ2) is 10.4. The minimum absolute atomic E-state index is 0.328. The normalized spacial score (nSPS) is 12.4. The monoisotopic (exact) mass is 371 g/mol. The van der Waals surface area contributed by atoms with Crippen LogP contribution in [0.25, 0.3) is 0 Å². The lowest BCUT2D eigenvalue weighted by molar-refractivity contribution is 0.180. The van der Waals surface area contributed by atoms with Gasteiger partial charge in [-0.1, -0.05) is 30.3 Å². The fraction of sp³-hybridized carbons (Fsp3) is 0.381. The molecule has 0 aliphatic carbocycles. The highest BCUT2D eigenvalue weighted by Gasteiger charge is 2.12. The van der Waals surface area contributed by atoms with Crippen molar-refractivity contribution < 1.29 is 14.6 Å². The van der Waals surface area contributed by atoms with E-state index in [0.717, 1.165) is 12.1 Å². The summed E-state index contributed by atoms with van der Waals surface area (Å²) >= 11 is 0. The summed E-state index contributed by atoms with van der Waals surface area (Å²) in [5.41, 5.74) is 3.13. The largest absolute Gasteiger partial charge is 0.493 e. The van der Waals surface area contributed by atoms with Crippen LogP contribution in [0.1, 0.15) is 29.7 Å². The van der Waals surface area contributed by atoms with Crippen molar-refractivity contribution in [3.8, 4) is 11.5 Å². The van der Waals surface area contributed by atoms with Crippen molar-refractivity contribution in [2.45, 2.75) is 26.5 Å². The number of aliphatic hydroxyl groups is 1. The average molecular weight is 371 g/mol. The molecule has 0 fully saturated rings. The first-order chi connectivity index (χ1) is 13.1. The van der Waals surface area contributed by atoms with Gasteiger partial charge in [0.15, 0.2) is 17.5 Å². The highest BCUT2D eigenvalue weighted by molar-refractivity contribution is 5.79. The number of aryl methyl sites for hydroxylation is 1. The van der Waals surface area contributed by atoms with Crippen LogP contribution in [0.3, 0.4) is 0 Å². The number of rotatable bonds is 8. The van der Waals surface area contributed by atoms with Crippen molar-refractivity contribution in [1.29, 1.82) is 0 Å². The highest BCUT2D eigenvalue weighted by Crippen LogP contribution is 2.29. The molecule has 6 heteroatoms. The molecule has 0 spiro atoms. The van der Waals surface area contributed by atoms with E-state index in [4.69, 9.17) is 9.47 Å². The molecule has 0 heterocycles. The number of hydrogen-bond donors (Lipinski definition) is 3. The minimum atomic E-state index is -0.702. The zero-order valence-electron chi connectivity index (χ0n) is 16.5. The van der Waals surface area contributed by atoms with Crippen molar-refractivity contribution in [1.82, 2.24) is 10.6 Å². The number of guanidine groups is 1. The number of ether oxygens (including phenoxy) is 2. The third-order valence-electron chi connectivity index (χ3n) is 4.27. The maximum atomic E-state index is 10.5. The Morgan fingerprint density at radius 1 is 1.07 bits per heavy atom. The molecule has 0 bridgehead atoms. The van der Waals surface area contributed by atoms with Gasteiger partial charge in [0, 0.05) is 13.1 Å². The van der Waals surface area contributed by atoms with Crippen LogP contribution in [0.5, 0.6) is 11.5 Å². The number of aliphatic imine (C=N–C) groups is 1. The molecule has 2 aromatic carbocycles. The van der Waals surface area contributed by atoms with Crippen molar-refractivity contribution in [2.75, 3.05) is 27.3 Å². The van der Waals surface area contributed by atoms with E-state index in [9.17, 15) is 5.11 Å². The molecule has 0 saturated carbocycles. The summed E-state index contributed by atoms with van der Waals surface area (Å²) < 4.78 is 10.5. The SMILES string of the molecule is CCNC(=NCc1ccccc1C)NCC(O)c1ccc(OC)c(OC)c1. The van der Waals surface area contributed by atoms with E-state index in [-0.39, 0.29) is 0 Å². The molecular weight excluding hydrogens is 342 g/mol. The fourth-order valence-electron chi connectivity index (χ4n) is 2.66. The smallest absolute Gasteiger partial charge is 0.191 e. The zero-order valence-corrected chi connectivity index (χ0v) is 16.5. The Morgan fingerprint density at radius 2 is 1.81 bits per heavy atom. The maximum absolute atomic E-state index is 10.5. The van der Waals surface area contributed by atoms with Crippen LogP contribution in [0.4, 0.5) is 0 Å². The first-order valence-electron chi connectivity index (χ1n) is 9.05. The van der Waals surface area contributed by atoms with Crippen molar-refractivity contribution >= 4 is 5.96 Å². The molecule has 0 aliphatic heterocycles. The number of methoxy groups -OCH3 is 2. The third kappa shape index (κ3) is 5.89. The van der Waals surface area contributed by atoms with E-state index in [1.807, 2.05) is 25.1 Å². The van der Waals surface area contributed by atoms with Gasteiger partial charge in [0.2, 0.25) is 0 Å². The van der Waals surface area contributed by atoms with E-state index in [1.54, 1.807) is 26.4 Å². The summed E-state index contributed by atoms with van der Waals surface area (Å²) in [7, 11) is 3.16. The lowest BCUT2D eigenvalue weighted by Crippen LogP contribution is -2.39. The molecule has 0 saturated heterocycles. The molecule has 0 aromatic heterocycles. The first kappa shape index (κ1) is 20.6. The number of nitrogens with one attached hydrogen (secondary N) is 2. The molecule has 6 nitrogen and oxygen atoms in total. The number of benzene rings is 2. The average Bonchev–Trinajstić information content (AvgIpc) is 2.70. The topological polar surface area (TPSA) is 75.1 Å². The van der Waals surface area contributed by atoms with E-state index >= 15 is 0 Å². The van der Waals surface area contributed by atoms with Crippen LogP contribution in [-0.4, -0.2) is 38.4 Å². The molecule has 2 rings (SSSR count). The maximum Gasteiger partial charge on any atom is 0.191 e. The molecule has 1 atom stereocenters. The molecule has 1 unspecified atom stereocenters.